The fourth-order valence-corrected chi connectivity index (χ4v) is 2.37. The van der Waals surface area contributed by atoms with Gasteiger partial charge in [-0.3, -0.25) is 4.79 Å². The molecule has 1 aromatic carbocycles. The minimum absolute atomic E-state index is 0.0545. The first-order valence-corrected chi connectivity index (χ1v) is 6.31. The van der Waals surface area contributed by atoms with Gasteiger partial charge in [0.2, 0.25) is 0 Å². The maximum absolute atomic E-state index is 13.5. The molecule has 98 valence electrons. The molecule has 18 heavy (non-hydrogen) atoms. The minimum Gasteiger partial charge on any atom is -0.393 e. The predicted molar refractivity (Wildman–Crippen MR) is 66.9 cm³/mol. The monoisotopic (exact) mass is 251 g/mol. The standard InChI is InChI=1S/C14H18FNO2/c1-9-5-6-13(15)12(7-9)14(18)16-10-3-2-4-11(17)8-10/h5-7,10-11,17H,2-4,8H2,1H3,(H,16,18). The van der Waals surface area contributed by atoms with Crippen molar-refractivity contribution >= 4 is 5.91 Å². The van der Waals surface area contributed by atoms with E-state index in [2.05, 4.69) is 5.32 Å². The van der Waals surface area contributed by atoms with Crippen molar-refractivity contribution in [1.82, 2.24) is 5.32 Å². The number of aryl methyl sites for hydroxylation is 1. The third kappa shape index (κ3) is 3.07. The molecule has 0 heterocycles. The van der Waals surface area contributed by atoms with Crippen LogP contribution in [0.1, 0.15) is 41.6 Å². The highest BCUT2D eigenvalue weighted by Gasteiger charge is 2.23. The van der Waals surface area contributed by atoms with E-state index >= 15 is 0 Å². The number of aliphatic hydroxyl groups excluding tert-OH is 1. The van der Waals surface area contributed by atoms with Gasteiger partial charge in [-0.1, -0.05) is 11.6 Å². The molecule has 1 aromatic rings. The normalized spacial score (nSPS) is 23.7. The van der Waals surface area contributed by atoms with Crippen molar-refractivity contribution in [2.45, 2.75) is 44.8 Å². The lowest BCUT2D eigenvalue weighted by atomic mass is 9.93. The Morgan fingerprint density at radius 1 is 1.44 bits per heavy atom. The van der Waals surface area contributed by atoms with Crippen LogP contribution in [0.5, 0.6) is 0 Å². The number of nitrogens with one attached hydrogen (secondary N) is 1. The maximum atomic E-state index is 13.5. The van der Waals surface area contributed by atoms with Crippen LogP contribution in [0.3, 0.4) is 0 Å². The number of benzene rings is 1. The number of rotatable bonds is 2. The molecule has 1 aliphatic carbocycles. The van der Waals surface area contributed by atoms with Crippen LogP contribution in [0.2, 0.25) is 0 Å². The predicted octanol–water partition coefficient (Wildman–Crippen LogP) is 2.17. The molecule has 0 spiro atoms. The van der Waals surface area contributed by atoms with E-state index in [1.807, 2.05) is 6.92 Å². The van der Waals surface area contributed by atoms with Crippen molar-refractivity contribution in [2.24, 2.45) is 0 Å². The second-order valence-electron chi connectivity index (χ2n) is 4.97. The Kier molecular flexibility index (Phi) is 3.97. The number of hydrogen-bond donors (Lipinski definition) is 2. The van der Waals surface area contributed by atoms with Gasteiger partial charge in [-0.25, -0.2) is 4.39 Å². The van der Waals surface area contributed by atoms with Crippen molar-refractivity contribution in [3.8, 4) is 0 Å². The van der Waals surface area contributed by atoms with Crippen molar-refractivity contribution in [3.05, 3.63) is 35.1 Å². The lowest BCUT2D eigenvalue weighted by molar-refractivity contribution is 0.0846. The molecule has 1 fully saturated rings. The van der Waals surface area contributed by atoms with E-state index in [0.717, 1.165) is 24.8 Å². The molecule has 3 nitrogen and oxygen atoms in total. The van der Waals surface area contributed by atoms with E-state index in [9.17, 15) is 14.3 Å². The van der Waals surface area contributed by atoms with Crippen LogP contribution < -0.4 is 5.32 Å². The van der Waals surface area contributed by atoms with E-state index < -0.39 is 11.7 Å². The van der Waals surface area contributed by atoms with Crippen molar-refractivity contribution in [3.63, 3.8) is 0 Å². The van der Waals surface area contributed by atoms with Crippen LogP contribution in [-0.4, -0.2) is 23.2 Å². The molecule has 1 amide bonds. The molecule has 2 N–H and O–H groups in total. The first-order valence-electron chi connectivity index (χ1n) is 6.31. The van der Waals surface area contributed by atoms with Crippen LogP contribution >= 0.6 is 0 Å². The van der Waals surface area contributed by atoms with Gasteiger partial charge in [0.05, 0.1) is 11.7 Å². The van der Waals surface area contributed by atoms with Gasteiger partial charge in [0.15, 0.2) is 0 Å². The topological polar surface area (TPSA) is 49.3 Å². The molecule has 2 unspecified atom stereocenters. The summed E-state index contributed by atoms with van der Waals surface area (Å²) >= 11 is 0. The fourth-order valence-electron chi connectivity index (χ4n) is 2.37. The molecule has 4 heteroatoms. The summed E-state index contributed by atoms with van der Waals surface area (Å²) in [5, 5.41) is 12.3. The van der Waals surface area contributed by atoms with Crippen molar-refractivity contribution in [1.29, 1.82) is 0 Å². The maximum Gasteiger partial charge on any atom is 0.254 e. The van der Waals surface area contributed by atoms with Gasteiger partial charge >= 0.3 is 0 Å². The van der Waals surface area contributed by atoms with Gasteiger partial charge in [0, 0.05) is 6.04 Å². The summed E-state index contributed by atoms with van der Waals surface area (Å²) in [6.07, 6.45) is 2.72. The molecule has 1 saturated carbocycles. The summed E-state index contributed by atoms with van der Waals surface area (Å²) < 4.78 is 13.5. The number of halogens is 1. The molecule has 0 saturated heterocycles. The summed E-state index contributed by atoms with van der Waals surface area (Å²) in [6, 6.07) is 4.43. The Balaban J connectivity index is 2.05. The molecule has 0 aliphatic heterocycles. The van der Waals surface area contributed by atoms with Gasteiger partial charge in [0.25, 0.3) is 5.91 Å². The van der Waals surface area contributed by atoms with E-state index in [4.69, 9.17) is 0 Å². The molecule has 0 radical (unpaired) electrons. The van der Waals surface area contributed by atoms with Gasteiger partial charge in [-0.05, 0) is 44.7 Å². The third-order valence-corrected chi connectivity index (χ3v) is 3.35. The van der Waals surface area contributed by atoms with Crippen molar-refractivity contribution in [2.75, 3.05) is 0 Å². The number of amides is 1. The lowest BCUT2D eigenvalue weighted by Gasteiger charge is -2.26. The highest BCUT2D eigenvalue weighted by Crippen LogP contribution is 2.19. The Morgan fingerprint density at radius 3 is 2.94 bits per heavy atom. The summed E-state index contributed by atoms with van der Waals surface area (Å²) in [6.45, 7) is 1.82. The van der Waals surface area contributed by atoms with E-state index in [-0.39, 0.29) is 17.7 Å². The highest BCUT2D eigenvalue weighted by atomic mass is 19.1. The molecule has 1 aliphatic rings. The molecule has 0 bridgehead atoms. The molecular weight excluding hydrogens is 233 g/mol. The van der Waals surface area contributed by atoms with Crippen LogP contribution in [0.15, 0.2) is 18.2 Å². The van der Waals surface area contributed by atoms with Gasteiger partial charge in [-0.2, -0.15) is 0 Å². The third-order valence-electron chi connectivity index (χ3n) is 3.35. The molecular formula is C14H18FNO2. The van der Waals surface area contributed by atoms with Crippen LogP contribution in [0.25, 0.3) is 0 Å². The summed E-state index contributed by atoms with van der Waals surface area (Å²) in [4.78, 5) is 12.0. The van der Waals surface area contributed by atoms with Crippen molar-refractivity contribution < 1.29 is 14.3 Å². The Labute approximate surface area is 106 Å². The quantitative estimate of drug-likeness (QED) is 0.846. The van der Waals surface area contributed by atoms with E-state index in [0.29, 0.717) is 6.42 Å². The number of carbonyl (C=O) groups excluding carboxylic acids is 1. The zero-order valence-electron chi connectivity index (χ0n) is 10.4. The highest BCUT2D eigenvalue weighted by molar-refractivity contribution is 5.94. The smallest absolute Gasteiger partial charge is 0.254 e. The van der Waals surface area contributed by atoms with E-state index in [1.54, 1.807) is 12.1 Å². The van der Waals surface area contributed by atoms with Gasteiger partial charge < -0.3 is 10.4 Å². The number of carbonyl (C=O) groups is 1. The second kappa shape index (κ2) is 5.48. The van der Waals surface area contributed by atoms with Gasteiger partial charge in [0.1, 0.15) is 5.82 Å². The van der Waals surface area contributed by atoms with Crippen LogP contribution in [-0.2, 0) is 0 Å². The average Bonchev–Trinajstić information content (AvgIpc) is 2.32. The van der Waals surface area contributed by atoms with Gasteiger partial charge in [-0.15, -0.1) is 0 Å². The largest absolute Gasteiger partial charge is 0.393 e. The average molecular weight is 251 g/mol. The first kappa shape index (κ1) is 13.0. The Hall–Kier alpha value is -1.42. The SMILES string of the molecule is Cc1ccc(F)c(C(=O)NC2CCCC(O)C2)c1. The first-order chi connectivity index (χ1) is 8.56. The number of aliphatic hydroxyl groups is 1. The zero-order valence-corrected chi connectivity index (χ0v) is 10.4. The Morgan fingerprint density at radius 2 is 2.22 bits per heavy atom. The lowest BCUT2D eigenvalue weighted by Crippen LogP contribution is -2.40. The minimum atomic E-state index is -0.505. The zero-order chi connectivity index (χ0) is 13.1. The van der Waals surface area contributed by atoms with Crippen LogP contribution in [0, 0.1) is 12.7 Å². The Bertz CT molecular complexity index is 447. The summed E-state index contributed by atoms with van der Waals surface area (Å²) in [5.41, 5.74) is 0.931. The molecule has 2 rings (SSSR count). The fraction of sp³-hybridized carbons (Fsp3) is 0.500. The van der Waals surface area contributed by atoms with E-state index in [1.165, 1.54) is 6.07 Å². The summed E-state index contributed by atoms with van der Waals surface area (Å²) in [7, 11) is 0. The summed E-state index contributed by atoms with van der Waals surface area (Å²) in [5.74, 6) is -0.898. The second-order valence-corrected chi connectivity index (χ2v) is 4.97. The molecule has 2 atom stereocenters. The number of hydrogen-bond acceptors (Lipinski definition) is 2. The molecule has 0 aromatic heterocycles. The van der Waals surface area contributed by atoms with Crippen LogP contribution in [0.4, 0.5) is 4.39 Å².